The van der Waals surface area contributed by atoms with Crippen LogP contribution in [0, 0.1) is 24.2 Å². The Balaban J connectivity index is 0.737. The second kappa shape index (κ2) is 23.7. The molecule has 22 heteroatoms. The SMILES string of the molecule is CO[C@@H]1C[C@H](O[C@H]2CC[C@@]3(C)C(=CC[C@H]4C(=O)[C@@H](c5ccoc5C)CC[C@@H]43)C2)O[C@H](C)[C@H]1O[C@H]1C[C@H](O)[C@H](O[C@H]2C[C@@H](OC)[C@H](O[C@@H]3O[C@H](CO[C@@H]4O[C@H](CO)[C@@H](O)[C@H](O)[C@H]4O)[C@@H](O)[C@H](O)[C@H]3O)[C@@H](C)O2)[C@@H](C)O1. The van der Waals surface area contributed by atoms with Crippen LogP contribution in [0.3, 0.4) is 0 Å². The van der Waals surface area contributed by atoms with Crippen LogP contribution in [0.15, 0.2) is 28.4 Å². The number of carbonyl (C=O) groups excluding carboxylic acids is 1. The van der Waals surface area contributed by atoms with Gasteiger partial charge in [-0.3, -0.25) is 4.79 Å². The molecule has 6 heterocycles. The third-order valence-electron chi connectivity index (χ3n) is 17.5. The smallest absolute Gasteiger partial charge is 0.187 e. The van der Waals surface area contributed by atoms with Crippen molar-refractivity contribution in [3.8, 4) is 0 Å². The maximum atomic E-state index is 13.9. The van der Waals surface area contributed by atoms with E-state index in [1.807, 2.05) is 19.9 Å². The van der Waals surface area contributed by atoms with Crippen LogP contribution in [0.25, 0.3) is 0 Å². The lowest BCUT2D eigenvalue weighted by Crippen LogP contribution is -2.63. The summed E-state index contributed by atoms with van der Waals surface area (Å²) in [5.74, 6) is 1.41. The minimum atomic E-state index is -1.76. The van der Waals surface area contributed by atoms with E-state index < -0.39 is 142 Å². The highest BCUT2D eigenvalue weighted by molar-refractivity contribution is 5.89. The topological polar surface area (TPSA) is 303 Å². The number of ketones is 1. The lowest BCUT2D eigenvalue weighted by Gasteiger charge is -2.53. The molecule has 8 N–H and O–H groups in total. The van der Waals surface area contributed by atoms with Crippen molar-refractivity contribution in [2.24, 2.45) is 17.3 Å². The van der Waals surface area contributed by atoms with Gasteiger partial charge in [0.25, 0.3) is 0 Å². The van der Waals surface area contributed by atoms with Crippen molar-refractivity contribution in [2.45, 2.75) is 240 Å². The summed E-state index contributed by atoms with van der Waals surface area (Å²) in [6.45, 7) is 8.46. The first-order valence-electron chi connectivity index (χ1n) is 26.5. The van der Waals surface area contributed by atoms with Crippen molar-refractivity contribution in [1.29, 1.82) is 0 Å². The number of aryl methyl sites for hydroxylation is 1. The molecule has 0 amide bonds. The highest BCUT2D eigenvalue weighted by Crippen LogP contribution is 2.58. The monoisotopic (exact) mass is 1060 g/mol. The number of fused-ring (bicyclic) bond motifs is 3. The third kappa shape index (κ3) is 11.4. The summed E-state index contributed by atoms with van der Waals surface area (Å²) in [5.41, 5.74) is 2.37. The molecule has 9 rings (SSSR count). The first-order valence-corrected chi connectivity index (χ1v) is 26.5. The van der Waals surface area contributed by atoms with E-state index in [9.17, 15) is 45.6 Å². The van der Waals surface area contributed by atoms with Crippen LogP contribution < -0.4 is 0 Å². The van der Waals surface area contributed by atoms with Gasteiger partial charge in [0.15, 0.2) is 31.5 Å². The van der Waals surface area contributed by atoms with Gasteiger partial charge in [-0.05, 0) is 83.6 Å². The number of hydrogen-bond acceptors (Lipinski definition) is 22. The number of hydrogen-bond donors (Lipinski definition) is 8. The predicted molar refractivity (Wildman–Crippen MR) is 252 cm³/mol. The quantitative estimate of drug-likeness (QED) is 0.112. The fraction of sp³-hybridized carbons (Fsp3) is 0.865. The van der Waals surface area contributed by atoms with E-state index in [0.29, 0.717) is 18.1 Å². The van der Waals surface area contributed by atoms with Crippen molar-refractivity contribution in [2.75, 3.05) is 27.4 Å². The average Bonchev–Trinajstić information content (AvgIpc) is 3.81. The minimum absolute atomic E-state index is 0.0159. The van der Waals surface area contributed by atoms with E-state index >= 15 is 0 Å². The molecule has 0 spiro atoms. The number of methoxy groups -OCH3 is 2. The molecule has 27 atom stereocenters. The number of aliphatic hydroxyl groups excluding tert-OH is 8. The molecule has 1 aromatic rings. The summed E-state index contributed by atoms with van der Waals surface area (Å²) in [5, 5.41) is 84.1. The van der Waals surface area contributed by atoms with Crippen molar-refractivity contribution in [1.82, 2.24) is 0 Å². The van der Waals surface area contributed by atoms with E-state index in [4.69, 9.17) is 61.3 Å². The van der Waals surface area contributed by atoms with Crippen LogP contribution in [0.1, 0.15) is 103 Å². The van der Waals surface area contributed by atoms with Gasteiger partial charge in [-0.1, -0.05) is 18.6 Å². The largest absolute Gasteiger partial charge is 0.469 e. The number of carbonyl (C=O) groups is 1. The Morgan fingerprint density at radius 3 is 1.88 bits per heavy atom. The maximum Gasteiger partial charge on any atom is 0.187 e. The molecule has 0 radical (unpaired) electrons. The maximum absolute atomic E-state index is 13.9. The van der Waals surface area contributed by atoms with E-state index in [0.717, 1.165) is 49.8 Å². The highest BCUT2D eigenvalue weighted by Gasteiger charge is 2.54. The molecule has 3 aliphatic carbocycles. The Labute approximate surface area is 431 Å². The second-order valence-corrected chi connectivity index (χ2v) is 22.0. The van der Waals surface area contributed by atoms with Crippen molar-refractivity contribution in [3.05, 3.63) is 35.3 Å². The normalized spacial score (nSPS) is 49.2. The number of ether oxygens (including phenoxy) is 12. The van der Waals surface area contributed by atoms with Crippen LogP contribution in [-0.2, 0) is 61.6 Å². The first kappa shape index (κ1) is 56.6. The van der Waals surface area contributed by atoms with E-state index in [1.54, 1.807) is 27.2 Å². The fourth-order valence-electron chi connectivity index (χ4n) is 13.2. The third-order valence-corrected chi connectivity index (χ3v) is 17.5. The molecular formula is C52H80O22. The number of furan rings is 1. The Morgan fingerprint density at radius 1 is 0.676 bits per heavy atom. The molecule has 22 nitrogen and oxygen atoms in total. The summed E-state index contributed by atoms with van der Waals surface area (Å²) in [6.07, 6.45) is -14.5. The van der Waals surface area contributed by atoms with Gasteiger partial charge in [-0.25, -0.2) is 0 Å². The Kier molecular flexibility index (Phi) is 18.1. The fourth-order valence-corrected chi connectivity index (χ4v) is 13.2. The van der Waals surface area contributed by atoms with Crippen LogP contribution in [-0.4, -0.2) is 215 Å². The number of allylic oxidation sites excluding steroid dienone is 1. The number of aliphatic hydroxyl groups is 8. The summed E-state index contributed by atoms with van der Waals surface area (Å²) in [7, 11) is 3.09. The minimum Gasteiger partial charge on any atom is -0.469 e. The predicted octanol–water partition coefficient (Wildman–Crippen LogP) is 0.748. The van der Waals surface area contributed by atoms with Gasteiger partial charge in [-0.2, -0.15) is 0 Å². The Morgan fingerprint density at radius 2 is 1.26 bits per heavy atom. The van der Waals surface area contributed by atoms with Crippen molar-refractivity contribution < 1.29 is 107 Å². The molecule has 0 aromatic carbocycles. The number of rotatable bonds is 15. The van der Waals surface area contributed by atoms with E-state index in [2.05, 4.69) is 13.0 Å². The number of Topliss-reactive ketones (excluding diaryl/α,β-unsaturated/α-hetero) is 1. The van der Waals surface area contributed by atoms with Gasteiger partial charge in [-0.15, -0.1) is 0 Å². The standard InChI is InChI=1S/C52H80O22/c1-22-28(13-15-64-22)29-10-11-31-30(40(29)55)9-8-26-16-27(12-14-52(26,31)5)69-38-18-33(62-6)48(24(3)67-38)73-37-17-32(54)47(23(2)66-37)72-39-19-34(63-7)49(25(4)68-39)74-51-46(61)44(59)42(57)36(71-51)21-65-50-45(60)43(58)41(56)35(20-53)70-50/h8,13,15,23-25,27,29-39,41-51,53-54,56-61H,9-12,14,16-21H2,1-7H3/t23-,24-,25-,27+,29-,30-,31+,32+,33-,34-,35-,36-,37+,38+,39+,41-,42-,43+,44+,45-,46-,47-,48-,49-,50-,51+,52+/m1/s1. The molecule has 0 bridgehead atoms. The average molecular weight is 1060 g/mol. The zero-order chi connectivity index (χ0) is 52.9. The lowest BCUT2D eigenvalue weighted by atomic mass is 9.52. The van der Waals surface area contributed by atoms with Gasteiger partial charge < -0.3 is 102 Å². The molecule has 420 valence electrons. The van der Waals surface area contributed by atoms with E-state index in [1.165, 1.54) is 12.7 Å². The van der Waals surface area contributed by atoms with Crippen LogP contribution in [0.5, 0.6) is 0 Å². The molecule has 0 unspecified atom stereocenters. The Hall–Kier alpha value is -2.11. The van der Waals surface area contributed by atoms with Gasteiger partial charge >= 0.3 is 0 Å². The molecule has 74 heavy (non-hydrogen) atoms. The van der Waals surface area contributed by atoms with Crippen molar-refractivity contribution in [3.63, 3.8) is 0 Å². The van der Waals surface area contributed by atoms with Gasteiger partial charge in [0.1, 0.15) is 78.7 Å². The van der Waals surface area contributed by atoms with Crippen molar-refractivity contribution >= 4 is 5.78 Å². The summed E-state index contributed by atoms with van der Waals surface area (Å²) in [6, 6.07) is 1.96. The molecule has 5 aliphatic heterocycles. The first-order chi connectivity index (χ1) is 35.3. The van der Waals surface area contributed by atoms with Gasteiger partial charge in [0.05, 0.1) is 62.2 Å². The van der Waals surface area contributed by atoms with Crippen LogP contribution in [0.4, 0.5) is 0 Å². The molecule has 1 aromatic heterocycles. The zero-order valence-corrected chi connectivity index (χ0v) is 43.3. The van der Waals surface area contributed by atoms with Crippen LogP contribution in [0.2, 0.25) is 0 Å². The lowest BCUT2D eigenvalue weighted by molar-refractivity contribution is -0.361. The summed E-state index contributed by atoms with van der Waals surface area (Å²) >= 11 is 0. The molecular weight excluding hydrogens is 977 g/mol. The van der Waals surface area contributed by atoms with Gasteiger partial charge in [0, 0.05) is 50.9 Å². The molecule has 2 saturated carbocycles. The molecule has 7 fully saturated rings. The van der Waals surface area contributed by atoms with Gasteiger partial charge in [0.2, 0.25) is 0 Å². The summed E-state index contributed by atoms with van der Waals surface area (Å²) < 4.78 is 78.8. The zero-order valence-electron chi connectivity index (χ0n) is 43.3. The van der Waals surface area contributed by atoms with Crippen LogP contribution >= 0.6 is 0 Å². The second-order valence-electron chi connectivity index (χ2n) is 22.0. The molecule has 5 saturated heterocycles. The summed E-state index contributed by atoms with van der Waals surface area (Å²) in [4.78, 5) is 13.9. The Bertz CT molecular complexity index is 2030. The molecule has 8 aliphatic rings. The van der Waals surface area contributed by atoms with E-state index in [-0.39, 0.29) is 42.3 Å². The highest BCUT2D eigenvalue weighted by atomic mass is 16.8.